The van der Waals surface area contributed by atoms with Crippen LogP contribution in [-0.2, 0) is 0 Å². The molecule has 2 rings (SSSR count). The van der Waals surface area contributed by atoms with E-state index < -0.39 is 15.1 Å². The van der Waals surface area contributed by atoms with Gasteiger partial charge in [-0.25, -0.2) is 4.68 Å². The molecule has 2 aromatic rings. The van der Waals surface area contributed by atoms with Crippen molar-refractivity contribution in [1.29, 1.82) is 5.26 Å². The zero-order chi connectivity index (χ0) is 17.0. The number of nitriles is 1. The van der Waals surface area contributed by atoms with E-state index in [1.54, 1.807) is 6.07 Å². The lowest BCUT2D eigenvalue weighted by Gasteiger charge is -2.40. The van der Waals surface area contributed by atoms with Crippen LogP contribution in [0.1, 0.15) is 5.69 Å². The van der Waals surface area contributed by atoms with Gasteiger partial charge in [0.2, 0.25) is 0 Å². The molecular weight excluding hydrogens is 463 g/mol. The molecule has 0 saturated carbocycles. The van der Waals surface area contributed by atoms with Crippen molar-refractivity contribution in [2.75, 3.05) is 5.73 Å². The fraction of sp³-hybridized carbons (Fsp3) is 0. The fourth-order valence-corrected chi connectivity index (χ4v) is 4.10. The number of anilines is 1. The van der Waals surface area contributed by atoms with E-state index in [4.69, 9.17) is 11.0 Å². The molecule has 0 atom stereocenters. The number of benzene rings is 1. The van der Waals surface area contributed by atoms with E-state index >= 15 is 0 Å². The average Bonchev–Trinajstić information content (AvgIpc) is 2.67. The third kappa shape index (κ3) is 3.21. The van der Waals surface area contributed by atoms with Crippen LogP contribution in [0, 0.1) is 11.3 Å². The molecule has 0 amide bonds. The van der Waals surface area contributed by atoms with Gasteiger partial charge in [-0.15, -0.1) is 0 Å². The fourth-order valence-electron chi connectivity index (χ4n) is 1.60. The van der Waals surface area contributed by atoms with E-state index in [1.165, 1.54) is 6.07 Å². The number of hydrogen-bond acceptors (Lipinski definition) is 3. The van der Waals surface area contributed by atoms with Gasteiger partial charge < -0.3 is 5.73 Å². The van der Waals surface area contributed by atoms with Crippen LogP contribution in [-0.4, -0.2) is 9.78 Å². The maximum absolute atomic E-state index is 12.8. The summed E-state index contributed by atoms with van der Waals surface area (Å²) in [5, 5.41) is 12.5. The van der Waals surface area contributed by atoms with Gasteiger partial charge in [0.1, 0.15) is 16.8 Å². The largest absolute Gasteiger partial charge is 0.384 e. The summed E-state index contributed by atoms with van der Waals surface area (Å²) in [5.74, 6) is -0.0435. The summed E-state index contributed by atoms with van der Waals surface area (Å²) in [4.78, 5) is -2.06. The topological polar surface area (TPSA) is 67.6 Å². The molecule has 1 aromatic heterocycles. The zero-order valence-electron chi connectivity index (χ0n) is 10.2. The predicted molar refractivity (Wildman–Crippen MR) is 79.5 cm³/mol. The zero-order valence-corrected chi connectivity index (χ0v) is 14.2. The molecule has 1 aromatic carbocycles. The Balaban J connectivity index is 2.73. The van der Waals surface area contributed by atoms with E-state index in [-0.39, 0.29) is 38.3 Å². The van der Waals surface area contributed by atoms with Crippen LogP contribution in [0.2, 0.25) is 0 Å². The summed E-state index contributed by atoms with van der Waals surface area (Å²) in [5.41, 5.74) is 5.49. The Morgan fingerprint density at radius 2 is 1.59 bits per heavy atom. The minimum atomic E-state index is -9.82. The van der Waals surface area contributed by atoms with Crippen LogP contribution in [0.25, 0.3) is 5.69 Å². The summed E-state index contributed by atoms with van der Waals surface area (Å²) in [6, 6.07) is 3.39. The van der Waals surface area contributed by atoms with Crippen molar-refractivity contribution in [2.24, 2.45) is 0 Å². The van der Waals surface area contributed by atoms with Crippen LogP contribution in [0.5, 0.6) is 0 Å². The maximum Gasteiger partial charge on any atom is 0.310 e. The highest BCUT2D eigenvalue weighted by Crippen LogP contribution is 3.02. The molecule has 0 spiro atoms. The summed E-state index contributed by atoms with van der Waals surface area (Å²) >= 11 is 5.59. The average molecular weight is 468 g/mol. The lowest BCUT2D eigenvalue weighted by atomic mass is 10.3. The van der Waals surface area contributed by atoms with Crippen LogP contribution in [0.3, 0.4) is 0 Å². The molecule has 2 N–H and O–H groups in total. The van der Waals surface area contributed by atoms with Gasteiger partial charge in [-0.05, 0) is 44.0 Å². The lowest BCUT2D eigenvalue weighted by molar-refractivity contribution is 0.364. The molecule has 22 heavy (non-hydrogen) atoms. The summed E-state index contributed by atoms with van der Waals surface area (Å²) in [7, 11) is -9.82. The standard InChI is InChI=1S/C10H5Br2F5N4S/c11-7-2-6(22(13,14,15,16)17)3-8(12)10(7)21-9(19)1-5(4-18)20-21/h1-3H,19H2. The van der Waals surface area contributed by atoms with Crippen molar-refractivity contribution >= 4 is 47.9 Å². The van der Waals surface area contributed by atoms with Crippen molar-refractivity contribution in [3.63, 3.8) is 0 Å². The third-order valence-electron chi connectivity index (χ3n) is 2.50. The molecule has 0 saturated heterocycles. The second kappa shape index (κ2) is 4.36. The van der Waals surface area contributed by atoms with Gasteiger partial charge in [0.15, 0.2) is 5.69 Å². The van der Waals surface area contributed by atoms with E-state index in [0.717, 1.165) is 4.68 Å². The van der Waals surface area contributed by atoms with Gasteiger partial charge >= 0.3 is 10.2 Å². The number of nitrogens with zero attached hydrogens (tertiary/aromatic N) is 3. The minimum Gasteiger partial charge on any atom is -0.384 e. The Morgan fingerprint density at radius 3 is 1.95 bits per heavy atom. The SMILES string of the molecule is N#Cc1cc(N)n(-c2c(Br)cc(S(F)(F)(F)(F)F)cc2Br)n1. The van der Waals surface area contributed by atoms with Crippen molar-refractivity contribution in [3.05, 3.63) is 32.8 Å². The molecule has 0 unspecified atom stereocenters. The molecule has 120 valence electrons. The quantitative estimate of drug-likeness (QED) is 0.592. The molecule has 1 heterocycles. The number of aromatic nitrogens is 2. The van der Waals surface area contributed by atoms with Gasteiger partial charge in [0.05, 0.1) is 5.69 Å². The van der Waals surface area contributed by atoms with Crippen molar-refractivity contribution in [1.82, 2.24) is 9.78 Å². The first-order valence-electron chi connectivity index (χ1n) is 5.22. The Labute approximate surface area is 137 Å². The number of nitrogens with two attached hydrogens (primary N) is 1. The monoisotopic (exact) mass is 466 g/mol. The second-order valence-corrected chi connectivity index (χ2v) is 8.30. The van der Waals surface area contributed by atoms with Gasteiger partial charge in [-0.3, -0.25) is 0 Å². The van der Waals surface area contributed by atoms with Gasteiger partial charge in [0, 0.05) is 15.0 Å². The number of halogens is 7. The normalized spacial score (nSPS) is 15.0. The molecule has 0 bridgehead atoms. The van der Waals surface area contributed by atoms with E-state index in [0.29, 0.717) is 0 Å². The predicted octanol–water partition coefficient (Wildman–Crippen LogP) is 5.51. The molecular formula is C10H5Br2F5N4S. The maximum atomic E-state index is 12.8. The summed E-state index contributed by atoms with van der Waals surface area (Å²) in [6.45, 7) is 0. The highest BCUT2D eigenvalue weighted by Gasteiger charge is 2.65. The summed E-state index contributed by atoms with van der Waals surface area (Å²) < 4.78 is 64.6. The van der Waals surface area contributed by atoms with Gasteiger partial charge in [-0.2, -0.15) is 10.4 Å². The lowest BCUT2D eigenvalue weighted by Crippen LogP contribution is -2.09. The van der Waals surface area contributed by atoms with Crippen LogP contribution < -0.4 is 5.73 Å². The molecule has 0 aliphatic carbocycles. The van der Waals surface area contributed by atoms with E-state index in [1.807, 2.05) is 0 Å². The molecule has 0 aliphatic heterocycles. The first-order valence-corrected chi connectivity index (χ1v) is 8.76. The van der Waals surface area contributed by atoms with E-state index in [2.05, 4.69) is 37.0 Å². The van der Waals surface area contributed by atoms with Gasteiger partial charge in [0.25, 0.3) is 0 Å². The molecule has 0 radical (unpaired) electrons. The Hall–Kier alpha value is -1.32. The third-order valence-corrected chi connectivity index (χ3v) is 4.83. The molecule has 0 aliphatic rings. The second-order valence-electron chi connectivity index (χ2n) is 4.18. The molecule has 0 fully saturated rings. The first kappa shape index (κ1) is 17.0. The highest BCUT2D eigenvalue weighted by molar-refractivity contribution is 9.11. The van der Waals surface area contributed by atoms with Crippen LogP contribution in [0.4, 0.5) is 25.2 Å². The first-order chi connectivity index (χ1) is 9.72. The Bertz CT molecular complexity index is 802. The Kier molecular flexibility index (Phi) is 3.38. The summed E-state index contributed by atoms with van der Waals surface area (Å²) in [6.07, 6.45) is 0. The van der Waals surface area contributed by atoms with Crippen LogP contribution >= 0.6 is 42.1 Å². The van der Waals surface area contributed by atoms with Crippen molar-refractivity contribution < 1.29 is 19.4 Å². The number of rotatable bonds is 2. The molecule has 12 heteroatoms. The van der Waals surface area contributed by atoms with Gasteiger partial charge in [-0.1, -0.05) is 19.4 Å². The van der Waals surface area contributed by atoms with Crippen LogP contribution in [0.15, 0.2) is 32.0 Å². The van der Waals surface area contributed by atoms with E-state index in [9.17, 15) is 19.4 Å². The van der Waals surface area contributed by atoms with Crippen molar-refractivity contribution in [2.45, 2.75) is 4.90 Å². The minimum absolute atomic E-state index is 0.0374. The number of hydrogen-bond donors (Lipinski definition) is 1. The molecule has 4 nitrogen and oxygen atoms in total. The smallest absolute Gasteiger partial charge is 0.310 e. The van der Waals surface area contributed by atoms with Crippen molar-refractivity contribution in [3.8, 4) is 11.8 Å². The number of nitrogen functional groups attached to an aromatic ring is 1. The Morgan fingerprint density at radius 1 is 1.09 bits per heavy atom. The highest BCUT2D eigenvalue weighted by atomic mass is 79.9.